The van der Waals surface area contributed by atoms with Crippen molar-refractivity contribution in [1.82, 2.24) is 15.0 Å². The third-order valence-electron chi connectivity index (χ3n) is 2.08. The Kier molecular flexibility index (Phi) is 1.96. The first kappa shape index (κ1) is 8.74. The van der Waals surface area contributed by atoms with Crippen LogP contribution in [0, 0.1) is 6.92 Å². The average molecular weight is 188 g/mol. The van der Waals surface area contributed by atoms with Crippen LogP contribution < -0.4 is 0 Å². The van der Waals surface area contributed by atoms with E-state index in [4.69, 9.17) is 5.11 Å². The molecule has 4 heteroatoms. The molecule has 1 aromatic carbocycles. The molecule has 0 saturated heterocycles. The molecule has 2 rings (SSSR count). The third-order valence-corrected chi connectivity index (χ3v) is 2.08. The third kappa shape index (κ3) is 1.35. The van der Waals surface area contributed by atoms with Crippen LogP contribution in [-0.4, -0.2) is 20.1 Å². The van der Waals surface area contributed by atoms with E-state index in [2.05, 4.69) is 17.2 Å². The van der Waals surface area contributed by atoms with Crippen LogP contribution in [0.5, 0.6) is 5.75 Å². The van der Waals surface area contributed by atoms with Crippen LogP contribution in [0.2, 0.25) is 0 Å². The van der Waals surface area contributed by atoms with Crippen molar-refractivity contribution in [2.75, 3.05) is 0 Å². The van der Waals surface area contributed by atoms with Gasteiger partial charge in [-0.3, -0.25) is 4.68 Å². The van der Waals surface area contributed by atoms with Gasteiger partial charge in [0.1, 0.15) is 11.4 Å². The van der Waals surface area contributed by atoms with Gasteiger partial charge in [-0.1, -0.05) is 5.21 Å². The number of phenols is 1. The highest BCUT2D eigenvalue weighted by Gasteiger charge is 2.07. The van der Waals surface area contributed by atoms with Gasteiger partial charge in [-0.25, -0.2) is 0 Å². The van der Waals surface area contributed by atoms with Crippen LogP contribution in [0.15, 0.2) is 24.3 Å². The van der Waals surface area contributed by atoms with Crippen LogP contribution in [0.3, 0.4) is 0 Å². The van der Waals surface area contributed by atoms with Gasteiger partial charge >= 0.3 is 0 Å². The minimum absolute atomic E-state index is 0.239. The molecule has 1 aromatic heterocycles. The normalized spacial score (nSPS) is 10.4. The Morgan fingerprint density at radius 1 is 1.29 bits per heavy atom. The summed E-state index contributed by atoms with van der Waals surface area (Å²) in [6.07, 6.45) is 0. The molecule has 1 heterocycles. The molecule has 0 aliphatic heterocycles. The fraction of sp³-hybridized carbons (Fsp3) is 0.100. The fourth-order valence-corrected chi connectivity index (χ4v) is 1.22. The van der Waals surface area contributed by atoms with Gasteiger partial charge in [0.15, 0.2) is 0 Å². The highest BCUT2D eigenvalue weighted by Crippen LogP contribution is 2.21. The van der Waals surface area contributed by atoms with Gasteiger partial charge in [-0.2, -0.15) is 0 Å². The highest BCUT2D eigenvalue weighted by molar-refractivity contribution is 5.62. The van der Waals surface area contributed by atoms with E-state index >= 15 is 0 Å². The molecule has 14 heavy (non-hydrogen) atoms. The van der Waals surface area contributed by atoms with Crippen LogP contribution >= 0.6 is 0 Å². The van der Waals surface area contributed by atoms with Crippen molar-refractivity contribution in [3.63, 3.8) is 0 Å². The maximum atomic E-state index is 9.12. The molecule has 0 aliphatic rings. The summed E-state index contributed by atoms with van der Waals surface area (Å²) in [5, 5.41) is 17.0. The van der Waals surface area contributed by atoms with E-state index in [-0.39, 0.29) is 5.75 Å². The van der Waals surface area contributed by atoms with E-state index in [1.54, 1.807) is 36.0 Å². The van der Waals surface area contributed by atoms with Crippen molar-refractivity contribution in [1.29, 1.82) is 0 Å². The highest BCUT2D eigenvalue weighted by atomic mass is 16.3. The molecule has 2 aromatic rings. The van der Waals surface area contributed by atoms with Gasteiger partial charge in [-0.05, 0) is 31.2 Å². The molecule has 71 valence electrons. The first-order chi connectivity index (χ1) is 6.68. The second kappa shape index (κ2) is 3.14. The van der Waals surface area contributed by atoms with Gasteiger partial charge in [0.2, 0.25) is 0 Å². The van der Waals surface area contributed by atoms with Crippen molar-refractivity contribution in [2.24, 2.45) is 7.05 Å². The molecule has 0 aliphatic carbocycles. The quantitative estimate of drug-likeness (QED) is 0.735. The summed E-state index contributed by atoms with van der Waals surface area (Å²) in [5.74, 6) is 0.239. The first-order valence-electron chi connectivity index (χ1n) is 4.19. The molecule has 0 atom stereocenters. The van der Waals surface area contributed by atoms with Crippen molar-refractivity contribution in [2.45, 2.75) is 0 Å². The Bertz CT molecular complexity index is 445. The van der Waals surface area contributed by atoms with Gasteiger partial charge in [0.25, 0.3) is 0 Å². The number of phenolic OH excluding ortho intramolecular Hbond substituents is 1. The zero-order valence-corrected chi connectivity index (χ0v) is 7.81. The van der Waals surface area contributed by atoms with Gasteiger partial charge in [0.05, 0.1) is 5.69 Å². The van der Waals surface area contributed by atoms with E-state index in [1.165, 1.54) is 0 Å². The Labute approximate surface area is 81.8 Å². The molecule has 0 unspecified atom stereocenters. The Hall–Kier alpha value is -1.84. The van der Waals surface area contributed by atoms with Crippen LogP contribution in [0.25, 0.3) is 11.3 Å². The number of hydrogen-bond acceptors (Lipinski definition) is 3. The largest absolute Gasteiger partial charge is 0.508 e. The maximum absolute atomic E-state index is 9.12. The monoisotopic (exact) mass is 188 g/mol. The predicted octanol–water partition coefficient (Wildman–Crippen LogP) is 1.37. The lowest BCUT2D eigenvalue weighted by molar-refractivity contribution is 0.475. The molecule has 1 N–H and O–H groups in total. The van der Waals surface area contributed by atoms with Crippen molar-refractivity contribution in [3.05, 3.63) is 36.9 Å². The van der Waals surface area contributed by atoms with E-state index in [1.807, 2.05) is 0 Å². The number of aromatic nitrogens is 3. The summed E-state index contributed by atoms with van der Waals surface area (Å²) in [6, 6.07) is 6.80. The summed E-state index contributed by atoms with van der Waals surface area (Å²) in [7, 11) is 1.79. The van der Waals surface area contributed by atoms with Crippen molar-refractivity contribution >= 4 is 0 Å². The molecule has 0 amide bonds. The fourth-order valence-electron chi connectivity index (χ4n) is 1.22. The van der Waals surface area contributed by atoms with E-state index in [0.717, 1.165) is 17.0 Å². The van der Waals surface area contributed by atoms with E-state index < -0.39 is 0 Å². The van der Waals surface area contributed by atoms with Crippen molar-refractivity contribution in [3.8, 4) is 17.0 Å². The smallest absolute Gasteiger partial charge is 0.116 e. The maximum Gasteiger partial charge on any atom is 0.116 e. The summed E-state index contributed by atoms with van der Waals surface area (Å²) < 4.78 is 1.61. The molecular weight excluding hydrogens is 178 g/mol. The molecule has 0 saturated carbocycles. The summed E-state index contributed by atoms with van der Waals surface area (Å²) in [6.45, 7) is 3.85. The lowest BCUT2D eigenvalue weighted by Crippen LogP contribution is -1.92. The first-order valence-corrected chi connectivity index (χ1v) is 4.19. The molecule has 0 fully saturated rings. The van der Waals surface area contributed by atoms with Gasteiger partial charge in [-0.15, -0.1) is 5.10 Å². The Morgan fingerprint density at radius 2 is 1.93 bits per heavy atom. The summed E-state index contributed by atoms with van der Waals surface area (Å²) in [4.78, 5) is 0. The summed E-state index contributed by atoms with van der Waals surface area (Å²) >= 11 is 0. The lowest BCUT2D eigenvalue weighted by Gasteiger charge is -1.98. The number of nitrogens with zero attached hydrogens (tertiary/aromatic N) is 3. The minimum Gasteiger partial charge on any atom is -0.508 e. The van der Waals surface area contributed by atoms with Gasteiger partial charge < -0.3 is 5.11 Å². The van der Waals surface area contributed by atoms with Crippen LogP contribution in [0.1, 0.15) is 5.69 Å². The number of benzene rings is 1. The SMILES string of the molecule is [CH2]c1c(-c2ccc(O)cc2)nnn1C. The topological polar surface area (TPSA) is 50.9 Å². The zero-order chi connectivity index (χ0) is 10.1. The van der Waals surface area contributed by atoms with Crippen LogP contribution in [0.4, 0.5) is 0 Å². The predicted molar refractivity (Wildman–Crippen MR) is 52.6 cm³/mol. The second-order valence-corrected chi connectivity index (χ2v) is 3.06. The standard InChI is InChI=1S/C10H10N3O/c1-7-10(11-12-13(7)2)8-3-5-9(14)6-4-8/h3-6,14H,1H2,2H3. The summed E-state index contributed by atoms with van der Waals surface area (Å²) in [5.41, 5.74) is 2.41. The second-order valence-electron chi connectivity index (χ2n) is 3.06. The lowest BCUT2D eigenvalue weighted by atomic mass is 10.1. The molecule has 0 bridgehead atoms. The molecular formula is C10H10N3O. The van der Waals surface area contributed by atoms with E-state index in [9.17, 15) is 0 Å². The number of aryl methyl sites for hydroxylation is 1. The number of rotatable bonds is 1. The average Bonchev–Trinajstić information content (AvgIpc) is 2.50. The Balaban J connectivity index is 2.49. The molecule has 1 radical (unpaired) electrons. The minimum atomic E-state index is 0.239. The van der Waals surface area contributed by atoms with Crippen LogP contribution in [-0.2, 0) is 7.05 Å². The zero-order valence-electron chi connectivity index (χ0n) is 7.81. The Morgan fingerprint density at radius 3 is 2.43 bits per heavy atom. The molecule has 0 spiro atoms. The van der Waals surface area contributed by atoms with Crippen molar-refractivity contribution < 1.29 is 5.11 Å². The number of hydrogen-bond donors (Lipinski definition) is 1. The van der Waals surface area contributed by atoms with Gasteiger partial charge in [0, 0.05) is 12.6 Å². The molecule has 4 nitrogen and oxygen atoms in total. The number of aromatic hydroxyl groups is 1. The van der Waals surface area contributed by atoms with E-state index in [0.29, 0.717) is 0 Å².